The van der Waals surface area contributed by atoms with E-state index in [4.69, 9.17) is 0 Å². The third-order valence-corrected chi connectivity index (χ3v) is 3.78. The summed E-state index contributed by atoms with van der Waals surface area (Å²) >= 11 is 0. The molecule has 1 atom stereocenters. The van der Waals surface area contributed by atoms with Crippen LogP contribution in [-0.2, 0) is 6.42 Å². The Kier molecular flexibility index (Phi) is 3.05. The van der Waals surface area contributed by atoms with Crippen molar-refractivity contribution >= 4 is 11.6 Å². The summed E-state index contributed by atoms with van der Waals surface area (Å²) in [6.45, 7) is 3.80. The van der Waals surface area contributed by atoms with Gasteiger partial charge in [-0.25, -0.2) is 4.39 Å². The van der Waals surface area contributed by atoms with E-state index in [0.29, 0.717) is 0 Å². The highest BCUT2D eigenvalue weighted by Gasteiger charge is 2.32. The van der Waals surface area contributed by atoms with Crippen LogP contribution in [0, 0.1) is 12.7 Å². The van der Waals surface area contributed by atoms with Gasteiger partial charge in [0.1, 0.15) is 5.82 Å². The van der Waals surface area contributed by atoms with Crippen molar-refractivity contribution in [2.75, 3.05) is 4.90 Å². The molecule has 0 aliphatic carbocycles. The van der Waals surface area contributed by atoms with E-state index in [1.165, 1.54) is 6.07 Å². The molecule has 20 heavy (non-hydrogen) atoms. The number of para-hydroxylation sites is 1. The molecule has 2 aromatic rings. The molecular weight excluding hydrogens is 253 g/mol. The van der Waals surface area contributed by atoms with E-state index in [1.54, 1.807) is 17.0 Å². The van der Waals surface area contributed by atoms with Crippen molar-refractivity contribution in [2.45, 2.75) is 26.3 Å². The Morgan fingerprint density at radius 1 is 1.25 bits per heavy atom. The number of rotatable bonds is 1. The Hall–Kier alpha value is -2.16. The maximum Gasteiger partial charge on any atom is 0.261 e. The van der Waals surface area contributed by atoms with Crippen LogP contribution in [0.1, 0.15) is 28.4 Å². The van der Waals surface area contributed by atoms with Crippen molar-refractivity contribution in [3.8, 4) is 0 Å². The zero-order valence-corrected chi connectivity index (χ0v) is 11.6. The van der Waals surface area contributed by atoms with Crippen LogP contribution < -0.4 is 4.90 Å². The Morgan fingerprint density at radius 3 is 2.75 bits per heavy atom. The van der Waals surface area contributed by atoms with Gasteiger partial charge in [0.15, 0.2) is 0 Å². The smallest absolute Gasteiger partial charge is 0.261 e. The lowest BCUT2D eigenvalue weighted by Crippen LogP contribution is -2.36. The highest BCUT2D eigenvalue weighted by atomic mass is 19.1. The SMILES string of the molecule is Cc1ccc(C(=O)N2c3ccccc3CC2C)c(F)c1. The minimum Gasteiger partial charge on any atom is -0.305 e. The molecule has 1 amide bonds. The summed E-state index contributed by atoms with van der Waals surface area (Å²) in [6, 6.07) is 12.6. The molecular formula is C17H16FNO. The third kappa shape index (κ3) is 1.99. The fourth-order valence-electron chi connectivity index (χ4n) is 2.80. The fraction of sp³-hybridized carbons (Fsp3) is 0.235. The van der Waals surface area contributed by atoms with E-state index < -0.39 is 5.82 Å². The first-order chi connectivity index (χ1) is 9.58. The van der Waals surface area contributed by atoms with Gasteiger partial charge < -0.3 is 4.90 Å². The summed E-state index contributed by atoms with van der Waals surface area (Å²) in [5, 5.41) is 0. The van der Waals surface area contributed by atoms with Gasteiger partial charge in [-0.2, -0.15) is 0 Å². The molecule has 0 radical (unpaired) electrons. The fourth-order valence-corrected chi connectivity index (χ4v) is 2.80. The Balaban J connectivity index is 2.03. The van der Waals surface area contributed by atoms with E-state index >= 15 is 0 Å². The molecule has 0 saturated heterocycles. The summed E-state index contributed by atoms with van der Waals surface area (Å²) in [5.41, 5.74) is 2.99. The molecule has 2 nitrogen and oxygen atoms in total. The Bertz CT molecular complexity index is 680. The van der Waals surface area contributed by atoms with Crippen LogP contribution in [0.5, 0.6) is 0 Å². The van der Waals surface area contributed by atoms with Crippen LogP contribution in [0.15, 0.2) is 42.5 Å². The van der Waals surface area contributed by atoms with E-state index in [9.17, 15) is 9.18 Å². The zero-order valence-electron chi connectivity index (χ0n) is 11.6. The number of carbonyl (C=O) groups is 1. The zero-order chi connectivity index (χ0) is 14.3. The highest BCUT2D eigenvalue weighted by molar-refractivity contribution is 6.07. The summed E-state index contributed by atoms with van der Waals surface area (Å²) in [5.74, 6) is -0.716. The second kappa shape index (κ2) is 4.75. The lowest BCUT2D eigenvalue weighted by molar-refractivity contribution is 0.0977. The number of hydrogen-bond donors (Lipinski definition) is 0. The van der Waals surface area contributed by atoms with Crippen molar-refractivity contribution in [2.24, 2.45) is 0 Å². The van der Waals surface area contributed by atoms with Gasteiger partial charge in [-0.3, -0.25) is 4.79 Å². The number of anilines is 1. The van der Waals surface area contributed by atoms with Crippen LogP contribution in [-0.4, -0.2) is 11.9 Å². The molecule has 1 aliphatic heterocycles. The summed E-state index contributed by atoms with van der Waals surface area (Å²) in [6.07, 6.45) is 0.815. The van der Waals surface area contributed by atoms with Gasteiger partial charge >= 0.3 is 0 Å². The monoisotopic (exact) mass is 269 g/mol. The first kappa shape index (κ1) is 12.9. The molecule has 102 valence electrons. The Morgan fingerprint density at radius 2 is 2.00 bits per heavy atom. The second-order valence-electron chi connectivity index (χ2n) is 5.34. The van der Waals surface area contributed by atoms with Gasteiger partial charge in [0.05, 0.1) is 5.56 Å². The average Bonchev–Trinajstić information content (AvgIpc) is 2.73. The van der Waals surface area contributed by atoms with Crippen LogP contribution in [0.3, 0.4) is 0 Å². The van der Waals surface area contributed by atoms with E-state index in [2.05, 4.69) is 0 Å². The number of nitrogens with zero attached hydrogens (tertiary/aromatic N) is 1. The van der Waals surface area contributed by atoms with Gasteiger partial charge in [0.2, 0.25) is 0 Å². The molecule has 0 saturated carbocycles. The van der Waals surface area contributed by atoms with E-state index in [-0.39, 0.29) is 17.5 Å². The normalized spacial score (nSPS) is 17.1. The molecule has 0 fully saturated rings. The maximum atomic E-state index is 14.0. The molecule has 1 heterocycles. The molecule has 2 aromatic carbocycles. The Labute approximate surface area is 117 Å². The second-order valence-corrected chi connectivity index (χ2v) is 5.34. The maximum absolute atomic E-state index is 14.0. The van der Waals surface area contributed by atoms with Crippen molar-refractivity contribution in [3.05, 3.63) is 65.0 Å². The standard InChI is InChI=1S/C17H16FNO/c1-11-7-8-14(15(18)9-11)17(20)19-12(2)10-13-5-3-4-6-16(13)19/h3-9,12H,10H2,1-2H3. The first-order valence-corrected chi connectivity index (χ1v) is 6.75. The number of benzene rings is 2. The molecule has 3 rings (SSSR count). The van der Waals surface area contributed by atoms with Crippen LogP contribution in [0.2, 0.25) is 0 Å². The predicted octanol–water partition coefficient (Wildman–Crippen LogP) is 3.73. The molecule has 0 N–H and O–H groups in total. The van der Waals surface area contributed by atoms with Crippen molar-refractivity contribution in [3.63, 3.8) is 0 Å². The van der Waals surface area contributed by atoms with Gasteiger partial charge in [0, 0.05) is 11.7 Å². The molecule has 0 bridgehead atoms. The van der Waals surface area contributed by atoms with Gasteiger partial charge in [-0.05, 0) is 49.6 Å². The number of carbonyl (C=O) groups excluding carboxylic acids is 1. The number of fused-ring (bicyclic) bond motifs is 1. The summed E-state index contributed by atoms with van der Waals surface area (Å²) < 4.78 is 14.0. The average molecular weight is 269 g/mol. The molecule has 0 aromatic heterocycles. The van der Waals surface area contributed by atoms with Crippen molar-refractivity contribution < 1.29 is 9.18 Å². The largest absolute Gasteiger partial charge is 0.305 e. The summed E-state index contributed by atoms with van der Waals surface area (Å²) in [4.78, 5) is 14.3. The predicted molar refractivity (Wildman–Crippen MR) is 77.6 cm³/mol. The first-order valence-electron chi connectivity index (χ1n) is 6.75. The van der Waals surface area contributed by atoms with Crippen molar-refractivity contribution in [1.29, 1.82) is 0 Å². The topological polar surface area (TPSA) is 20.3 Å². The summed E-state index contributed by atoms with van der Waals surface area (Å²) in [7, 11) is 0. The lowest BCUT2D eigenvalue weighted by Gasteiger charge is -2.23. The lowest BCUT2D eigenvalue weighted by atomic mass is 10.1. The number of amides is 1. The molecule has 1 aliphatic rings. The van der Waals surface area contributed by atoms with Gasteiger partial charge in [-0.1, -0.05) is 24.3 Å². The molecule has 3 heteroatoms. The van der Waals surface area contributed by atoms with E-state index in [1.807, 2.05) is 38.1 Å². The molecule has 1 unspecified atom stereocenters. The van der Waals surface area contributed by atoms with Crippen molar-refractivity contribution in [1.82, 2.24) is 0 Å². The molecule has 0 spiro atoms. The number of halogens is 1. The number of hydrogen-bond acceptors (Lipinski definition) is 1. The van der Waals surface area contributed by atoms with Crippen LogP contribution in [0.4, 0.5) is 10.1 Å². The minimum atomic E-state index is -0.452. The van der Waals surface area contributed by atoms with E-state index in [0.717, 1.165) is 23.2 Å². The minimum absolute atomic E-state index is 0.0561. The van der Waals surface area contributed by atoms with Crippen LogP contribution >= 0.6 is 0 Å². The van der Waals surface area contributed by atoms with Crippen LogP contribution in [0.25, 0.3) is 0 Å². The number of aryl methyl sites for hydroxylation is 1. The third-order valence-electron chi connectivity index (χ3n) is 3.78. The highest BCUT2D eigenvalue weighted by Crippen LogP contribution is 2.33. The van der Waals surface area contributed by atoms with Gasteiger partial charge in [-0.15, -0.1) is 0 Å². The quantitative estimate of drug-likeness (QED) is 0.772. The van der Waals surface area contributed by atoms with Gasteiger partial charge in [0.25, 0.3) is 5.91 Å².